The second-order valence-electron chi connectivity index (χ2n) is 7.69. The topological polar surface area (TPSA) is 65.1 Å². The van der Waals surface area contributed by atoms with Crippen molar-refractivity contribution in [3.8, 4) is 17.2 Å². The fraction of sp³-hybridized carbons (Fsp3) is 0.391. The Morgan fingerprint density at radius 1 is 1.13 bits per heavy atom. The molecule has 1 aliphatic heterocycles. The zero-order chi connectivity index (χ0) is 21.4. The van der Waals surface area contributed by atoms with E-state index < -0.39 is 5.82 Å². The van der Waals surface area contributed by atoms with E-state index in [2.05, 4.69) is 0 Å². The molecule has 0 N–H and O–H groups in total. The summed E-state index contributed by atoms with van der Waals surface area (Å²) in [5.74, 6) is 0.647. The molecular weight excluding hydrogens is 389 g/mol. The van der Waals surface area contributed by atoms with Crippen LogP contribution in [0.3, 0.4) is 0 Å². The van der Waals surface area contributed by atoms with Gasteiger partial charge < -0.3 is 19.1 Å². The van der Waals surface area contributed by atoms with E-state index in [1.165, 1.54) is 12.1 Å². The number of nitrogens with zero attached hydrogens (tertiary/aromatic N) is 1. The lowest BCUT2D eigenvalue weighted by molar-refractivity contribution is -0.134. The number of carbonyl (C=O) groups is 2. The Morgan fingerprint density at radius 3 is 2.53 bits per heavy atom. The molecule has 6 nitrogen and oxygen atoms in total. The van der Waals surface area contributed by atoms with Gasteiger partial charge in [0.2, 0.25) is 0 Å². The van der Waals surface area contributed by atoms with E-state index in [1.54, 1.807) is 19.1 Å². The average Bonchev–Trinajstić information content (AvgIpc) is 3.06. The molecule has 0 radical (unpaired) electrons. The molecule has 4 rings (SSSR count). The van der Waals surface area contributed by atoms with Crippen molar-refractivity contribution >= 4 is 11.7 Å². The monoisotopic (exact) mass is 413 g/mol. The molecule has 7 heteroatoms. The first-order valence-electron chi connectivity index (χ1n) is 9.92. The lowest BCUT2D eigenvalue weighted by atomic mass is 9.99. The Hall–Kier alpha value is -3.09. The third-order valence-electron chi connectivity index (χ3n) is 5.84. The molecule has 1 aliphatic carbocycles. The Balaban J connectivity index is 1.47. The summed E-state index contributed by atoms with van der Waals surface area (Å²) < 4.78 is 30.5. The number of ketones is 1. The molecule has 2 aromatic carbocycles. The van der Waals surface area contributed by atoms with Crippen molar-refractivity contribution in [1.82, 2.24) is 4.90 Å². The zero-order valence-electron chi connectivity index (χ0n) is 17.3. The molecule has 2 aliphatic rings. The van der Waals surface area contributed by atoms with Crippen molar-refractivity contribution < 1.29 is 28.2 Å². The summed E-state index contributed by atoms with van der Waals surface area (Å²) in [5, 5.41) is 0. The minimum Gasteiger partial charge on any atom is -0.493 e. The van der Waals surface area contributed by atoms with Crippen LogP contribution in [0.2, 0.25) is 0 Å². The van der Waals surface area contributed by atoms with Crippen LogP contribution < -0.4 is 14.2 Å². The van der Waals surface area contributed by atoms with Gasteiger partial charge in [0, 0.05) is 25.1 Å². The van der Waals surface area contributed by atoms with Crippen LogP contribution in [-0.2, 0) is 17.8 Å². The smallest absolute Gasteiger partial charge is 0.260 e. The van der Waals surface area contributed by atoms with E-state index in [4.69, 9.17) is 14.2 Å². The van der Waals surface area contributed by atoms with Gasteiger partial charge in [-0.05, 0) is 47.7 Å². The third-order valence-corrected chi connectivity index (χ3v) is 5.84. The summed E-state index contributed by atoms with van der Waals surface area (Å²) in [6.45, 7) is 2.61. The predicted molar refractivity (Wildman–Crippen MR) is 108 cm³/mol. The Bertz CT molecular complexity index is 1020. The molecule has 158 valence electrons. The number of Topliss-reactive ketones (excluding diaryl/α,β-unsaturated/α-hetero) is 1. The van der Waals surface area contributed by atoms with Crippen molar-refractivity contribution in [2.75, 3.05) is 27.4 Å². The van der Waals surface area contributed by atoms with Gasteiger partial charge in [0.05, 0.1) is 19.8 Å². The summed E-state index contributed by atoms with van der Waals surface area (Å²) in [5.41, 5.74) is 2.78. The molecule has 0 bridgehead atoms. The molecule has 1 amide bonds. The summed E-state index contributed by atoms with van der Waals surface area (Å²) in [6, 6.07) is 6.56. The second kappa shape index (κ2) is 7.97. The van der Waals surface area contributed by atoms with E-state index in [1.807, 2.05) is 19.1 Å². The summed E-state index contributed by atoms with van der Waals surface area (Å²) in [6.07, 6.45) is 0.957. The van der Waals surface area contributed by atoms with E-state index in [-0.39, 0.29) is 41.9 Å². The van der Waals surface area contributed by atoms with Crippen LogP contribution in [0.4, 0.5) is 4.39 Å². The molecule has 0 saturated carbocycles. The maximum absolute atomic E-state index is 14.1. The van der Waals surface area contributed by atoms with Crippen LogP contribution in [0.1, 0.15) is 46.3 Å². The normalized spacial score (nSPS) is 17.4. The Morgan fingerprint density at radius 2 is 1.83 bits per heavy atom. The van der Waals surface area contributed by atoms with Gasteiger partial charge in [0.15, 0.2) is 23.9 Å². The van der Waals surface area contributed by atoms with Crippen LogP contribution in [0.25, 0.3) is 0 Å². The first kappa shape index (κ1) is 20.2. The highest BCUT2D eigenvalue weighted by molar-refractivity contribution is 6.03. The van der Waals surface area contributed by atoms with Crippen LogP contribution >= 0.6 is 0 Å². The van der Waals surface area contributed by atoms with E-state index >= 15 is 0 Å². The highest BCUT2D eigenvalue weighted by Crippen LogP contribution is 2.40. The molecule has 1 atom stereocenters. The number of rotatable bonds is 5. The Kier molecular flexibility index (Phi) is 5.37. The van der Waals surface area contributed by atoms with Gasteiger partial charge >= 0.3 is 0 Å². The number of carbonyl (C=O) groups excluding carboxylic acids is 2. The molecular formula is C23H24FNO5. The van der Waals surface area contributed by atoms with Crippen molar-refractivity contribution in [2.24, 2.45) is 0 Å². The molecule has 1 unspecified atom stereocenters. The number of fused-ring (bicyclic) bond motifs is 2. The summed E-state index contributed by atoms with van der Waals surface area (Å²) in [7, 11) is 3.17. The molecule has 0 saturated heterocycles. The average molecular weight is 413 g/mol. The minimum atomic E-state index is -0.404. The first-order chi connectivity index (χ1) is 14.4. The molecule has 0 fully saturated rings. The number of hydrogen-bond acceptors (Lipinski definition) is 5. The molecule has 1 heterocycles. The highest BCUT2D eigenvalue weighted by Gasteiger charge is 2.33. The predicted octanol–water partition coefficient (Wildman–Crippen LogP) is 3.50. The van der Waals surface area contributed by atoms with E-state index in [0.29, 0.717) is 36.6 Å². The van der Waals surface area contributed by atoms with Gasteiger partial charge in [-0.15, -0.1) is 0 Å². The van der Waals surface area contributed by atoms with Gasteiger partial charge in [0.25, 0.3) is 5.91 Å². The summed E-state index contributed by atoms with van der Waals surface area (Å²) in [4.78, 5) is 26.7. The molecule has 30 heavy (non-hydrogen) atoms. The van der Waals surface area contributed by atoms with Gasteiger partial charge in [0.1, 0.15) is 11.6 Å². The number of methoxy groups -OCH3 is 2. The summed E-state index contributed by atoms with van der Waals surface area (Å²) >= 11 is 0. The SMILES string of the molecule is COc1cc2c(cc1OC)CN(C(=O)COc1ccc(F)c3c1C(=O)CC3C)CC2. The number of ether oxygens (including phenoxy) is 3. The highest BCUT2D eigenvalue weighted by atomic mass is 19.1. The number of hydrogen-bond donors (Lipinski definition) is 0. The van der Waals surface area contributed by atoms with E-state index in [9.17, 15) is 14.0 Å². The lowest BCUT2D eigenvalue weighted by Gasteiger charge is -2.29. The maximum Gasteiger partial charge on any atom is 0.260 e. The van der Waals surface area contributed by atoms with Crippen LogP contribution in [0, 0.1) is 5.82 Å². The van der Waals surface area contributed by atoms with Crippen molar-refractivity contribution in [3.63, 3.8) is 0 Å². The third kappa shape index (κ3) is 3.49. The lowest BCUT2D eigenvalue weighted by Crippen LogP contribution is -2.39. The Labute approximate surface area is 174 Å². The number of halogens is 1. The van der Waals surface area contributed by atoms with Crippen LogP contribution in [0.5, 0.6) is 17.2 Å². The standard InChI is InChI=1S/C23H24FNO5/c1-13-8-17(26)23-18(5-4-16(24)22(13)23)30-12-21(27)25-7-6-14-9-19(28-2)20(29-3)10-15(14)11-25/h4-5,9-10,13H,6-8,11-12H2,1-3H3. The maximum atomic E-state index is 14.1. The van der Waals surface area contributed by atoms with Crippen LogP contribution in [0.15, 0.2) is 24.3 Å². The first-order valence-corrected chi connectivity index (χ1v) is 9.92. The van der Waals surface area contributed by atoms with Gasteiger partial charge in [-0.2, -0.15) is 0 Å². The zero-order valence-corrected chi connectivity index (χ0v) is 17.3. The van der Waals surface area contributed by atoms with E-state index in [0.717, 1.165) is 11.1 Å². The fourth-order valence-corrected chi connectivity index (χ4v) is 4.27. The van der Waals surface area contributed by atoms with Crippen LogP contribution in [-0.4, -0.2) is 44.0 Å². The minimum absolute atomic E-state index is 0.146. The van der Waals surface area contributed by atoms with Crippen molar-refractivity contribution in [2.45, 2.75) is 32.2 Å². The molecule has 0 aromatic heterocycles. The van der Waals surface area contributed by atoms with Gasteiger partial charge in [-0.25, -0.2) is 4.39 Å². The number of amides is 1. The van der Waals surface area contributed by atoms with Gasteiger partial charge in [-0.1, -0.05) is 6.92 Å². The largest absolute Gasteiger partial charge is 0.493 e. The molecule has 2 aromatic rings. The van der Waals surface area contributed by atoms with Gasteiger partial charge in [-0.3, -0.25) is 9.59 Å². The number of benzene rings is 2. The second-order valence-corrected chi connectivity index (χ2v) is 7.69. The van der Waals surface area contributed by atoms with Crippen molar-refractivity contribution in [3.05, 3.63) is 52.3 Å². The van der Waals surface area contributed by atoms with Crippen molar-refractivity contribution in [1.29, 1.82) is 0 Å². The molecule has 0 spiro atoms. The quantitative estimate of drug-likeness (QED) is 0.751. The fourth-order valence-electron chi connectivity index (χ4n) is 4.27.